The second-order valence-corrected chi connectivity index (χ2v) is 11.4. The standard InChI is InChI=1S/C24H27F6N5O3S/c1-11(23(25,26)27)33-16-8-15(24(28,29)30)14(9-31-16)18-17(21(37)35-12-4-5-13(35)7-6-12)34-20(39-18)19(36)32-10-22(2,3)38/h8-9,11-13,38H,4-7,10H2,1-3H3,(H,31,33)(H,32,36)/t11-,12-,13+/m0/s1. The third-order valence-corrected chi connectivity index (χ3v) is 7.79. The lowest BCUT2D eigenvalue weighted by molar-refractivity contribution is -0.138. The predicted octanol–water partition coefficient (Wildman–Crippen LogP) is 4.85. The molecule has 1 atom stereocenters. The first-order valence-electron chi connectivity index (χ1n) is 12.2. The molecule has 2 bridgehead atoms. The number of rotatable bonds is 7. The van der Waals surface area contributed by atoms with Crippen molar-refractivity contribution in [1.29, 1.82) is 0 Å². The van der Waals surface area contributed by atoms with Crippen LogP contribution in [0.2, 0.25) is 0 Å². The molecular weight excluding hydrogens is 552 g/mol. The van der Waals surface area contributed by atoms with E-state index < -0.39 is 52.8 Å². The summed E-state index contributed by atoms with van der Waals surface area (Å²) < 4.78 is 81.4. The van der Waals surface area contributed by atoms with Gasteiger partial charge in [-0.15, -0.1) is 11.3 Å². The summed E-state index contributed by atoms with van der Waals surface area (Å²) in [4.78, 5) is 35.6. The van der Waals surface area contributed by atoms with Crippen LogP contribution in [0.1, 0.15) is 72.3 Å². The number of aromatic nitrogens is 2. The highest BCUT2D eigenvalue weighted by Crippen LogP contribution is 2.44. The van der Waals surface area contributed by atoms with Crippen molar-refractivity contribution in [3.05, 3.63) is 28.5 Å². The summed E-state index contributed by atoms with van der Waals surface area (Å²) in [5, 5.41) is 14.0. The van der Waals surface area contributed by atoms with Crippen LogP contribution in [0, 0.1) is 0 Å². The van der Waals surface area contributed by atoms with E-state index in [-0.39, 0.29) is 34.2 Å². The van der Waals surface area contributed by atoms with E-state index in [9.17, 15) is 41.0 Å². The fourth-order valence-electron chi connectivity index (χ4n) is 4.74. The molecule has 2 aliphatic heterocycles. The van der Waals surface area contributed by atoms with Crippen molar-refractivity contribution in [2.24, 2.45) is 0 Å². The van der Waals surface area contributed by atoms with Gasteiger partial charge in [0.1, 0.15) is 17.6 Å². The molecule has 0 aliphatic carbocycles. The van der Waals surface area contributed by atoms with E-state index in [0.717, 1.165) is 38.8 Å². The molecule has 214 valence electrons. The van der Waals surface area contributed by atoms with Gasteiger partial charge in [0.15, 0.2) is 5.01 Å². The number of thiazole rings is 1. The van der Waals surface area contributed by atoms with Crippen molar-refractivity contribution in [2.45, 2.75) is 82.5 Å². The number of hydrogen-bond acceptors (Lipinski definition) is 7. The number of hydrogen-bond donors (Lipinski definition) is 3. The van der Waals surface area contributed by atoms with Crippen molar-refractivity contribution in [1.82, 2.24) is 20.2 Å². The molecule has 0 spiro atoms. The maximum atomic E-state index is 14.2. The smallest absolute Gasteiger partial charge is 0.389 e. The first kappa shape index (κ1) is 29.1. The molecule has 2 amide bonds. The number of fused-ring (bicyclic) bond motifs is 2. The minimum absolute atomic E-state index is 0.0832. The van der Waals surface area contributed by atoms with E-state index in [0.29, 0.717) is 17.4 Å². The summed E-state index contributed by atoms with van der Waals surface area (Å²) in [5.41, 5.74) is -3.56. The highest BCUT2D eigenvalue weighted by molar-refractivity contribution is 7.17. The van der Waals surface area contributed by atoms with Crippen molar-refractivity contribution in [2.75, 3.05) is 11.9 Å². The van der Waals surface area contributed by atoms with Gasteiger partial charge >= 0.3 is 12.4 Å². The Labute approximate surface area is 223 Å². The molecule has 2 aromatic heterocycles. The van der Waals surface area contributed by atoms with Gasteiger partial charge in [0, 0.05) is 30.4 Å². The summed E-state index contributed by atoms with van der Waals surface area (Å²) in [6.45, 7) is 3.43. The van der Waals surface area contributed by atoms with Gasteiger partial charge in [0.05, 0.1) is 16.0 Å². The zero-order valence-corrected chi connectivity index (χ0v) is 22.0. The van der Waals surface area contributed by atoms with Crippen molar-refractivity contribution >= 4 is 29.0 Å². The zero-order chi connectivity index (χ0) is 28.9. The monoisotopic (exact) mass is 579 g/mol. The van der Waals surface area contributed by atoms with E-state index in [1.54, 1.807) is 4.90 Å². The number of nitrogens with one attached hydrogen (secondary N) is 2. The highest BCUT2D eigenvalue weighted by atomic mass is 32.1. The Bertz CT molecular complexity index is 1240. The zero-order valence-electron chi connectivity index (χ0n) is 21.2. The molecule has 3 N–H and O–H groups in total. The lowest BCUT2D eigenvalue weighted by atomic mass is 10.0. The minimum Gasteiger partial charge on any atom is -0.389 e. The maximum absolute atomic E-state index is 14.2. The van der Waals surface area contributed by atoms with Gasteiger partial charge in [0.25, 0.3) is 11.8 Å². The van der Waals surface area contributed by atoms with Gasteiger partial charge in [-0.2, -0.15) is 26.3 Å². The van der Waals surface area contributed by atoms with Crippen molar-refractivity contribution in [3.63, 3.8) is 0 Å². The third kappa shape index (κ3) is 6.29. The highest BCUT2D eigenvalue weighted by Gasteiger charge is 2.45. The van der Waals surface area contributed by atoms with E-state index >= 15 is 0 Å². The summed E-state index contributed by atoms with van der Waals surface area (Å²) in [5.74, 6) is -2.08. The average Bonchev–Trinajstić information content (AvgIpc) is 3.55. The first-order valence-corrected chi connectivity index (χ1v) is 13.0. The van der Waals surface area contributed by atoms with Crippen LogP contribution in [0.15, 0.2) is 12.3 Å². The van der Waals surface area contributed by atoms with E-state index in [1.807, 2.05) is 5.32 Å². The van der Waals surface area contributed by atoms with Gasteiger partial charge in [-0.05, 0) is 52.5 Å². The Morgan fingerprint density at radius 2 is 1.72 bits per heavy atom. The molecule has 0 unspecified atom stereocenters. The van der Waals surface area contributed by atoms with Gasteiger partial charge in [0.2, 0.25) is 0 Å². The van der Waals surface area contributed by atoms with Crippen LogP contribution in [0.5, 0.6) is 0 Å². The molecule has 8 nitrogen and oxygen atoms in total. The Morgan fingerprint density at radius 3 is 2.23 bits per heavy atom. The summed E-state index contributed by atoms with van der Waals surface area (Å²) in [6, 6.07) is -1.89. The van der Waals surface area contributed by atoms with Crippen LogP contribution in [-0.2, 0) is 6.18 Å². The van der Waals surface area contributed by atoms with Crippen LogP contribution < -0.4 is 10.6 Å². The second-order valence-electron chi connectivity index (χ2n) is 10.4. The third-order valence-electron chi connectivity index (χ3n) is 6.70. The molecule has 0 radical (unpaired) electrons. The van der Waals surface area contributed by atoms with Crippen molar-refractivity contribution < 1.29 is 41.0 Å². The number of halogens is 6. The summed E-state index contributed by atoms with van der Waals surface area (Å²) >= 11 is 0.543. The van der Waals surface area contributed by atoms with Crippen LogP contribution >= 0.6 is 11.3 Å². The quantitative estimate of drug-likeness (QED) is 0.405. The number of pyridine rings is 1. The minimum atomic E-state index is -5.03. The molecule has 2 aliphatic rings. The largest absolute Gasteiger partial charge is 0.417 e. The van der Waals surface area contributed by atoms with Gasteiger partial charge in [-0.25, -0.2) is 9.97 Å². The number of carbonyl (C=O) groups is 2. The SMILES string of the molecule is C[C@H](Nc1cc(C(F)(F)F)c(-c2sc(C(=O)NCC(C)(C)O)nc2C(=O)N2[C@H]3CC[C@@H]2CC3)cn1)C(F)(F)F. The molecule has 2 aromatic rings. The number of nitrogens with zero attached hydrogens (tertiary/aromatic N) is 3. The molecule has 0 aromatic carbocycles. The molecule has 0 saturated carbocycles. The van der Waals surface area contributed by atoms with Crippen LogP contribution in [0.3, 0.4) is 0 Å². The van der Waals surface area contributed by atoms with Crippen molar-refractivity contribution in [3.8, 4) is 10.4 Å². The second kappa shape index (κ2) is 10.2. The Kier molecular flexibility index (Phi) is 7.62. The first-order chi connectivity index (χ1) is 18.0. The van der Waals surface area contributed by atoms with Gasteiger partial charge in [-0.1, -0.05) is 0 Å². The fraction of sp³-hybridized carbons (Fsp3) is 0.583. The maximum Gasteiger partial charge on any atom is 0.417 e. The lowest BCUT2D eigenvalue weighted by Gasteiger charge is -2.22. The molecule has 4 rings (SSSR count). The lowest BCUT2D eigenvalue weighted by Crippen LogP contribution is -2.38. The Balaban J connectivity index is 1.79. The van der Waals surface area contributed by atoms with Crippen LogP contribution in [0.4, 0.5) is 32.2 Å². The Morgan fingerprint density at radius 1 is 1.13 bits per heavy atom. The number of amides is 2. The molecule has 2 saturated heterocycles. The topological polar surface area (TPSA) is 107 Å². The molecule has 2 fully saturated rings. The van der Waals surface area contributed by atoms with Gasteiger partial charge < -0.3 is 20.6 Å². The fourth-order valence-corrected chi connectivity index (χ4v) is 5.73. The van der Waals surface area contributed by atoms with E-state index in [4.69, 9.17) is 0 Å². The number of anilines is 1. The molecule has 39 heavy (non-hydrogen) atoms. The number of alkyl halides is 6. The average molecular weight is 580 g/mol. The Hall–Kier alpha value is -2.94. The molecule has 4 heterocycles. The predicted molar refractivity (Wildman–Crippen MR) is 130 cm³/mol. The number of aliphatic hydroxyl groups is 1. The van der Waals surface area contributed by atoms with Crippen LogP contribution in [-0.4, -0.2) is 68.2 Å². The summed E-state index contributed by atoms with van der Waals surface area (Å²) in [7, 11) is 0. The number of carbonyl (C=O) groups excluding carboxylic acids is 2. The van der Waals surface area contributed by atoms with Crippen LogP contribution in [0.25, 0.3) is 10.4 Å². The summed E-state index contributed by atoms with van der Waals surface area (Å²) in [6.07, 6.45) is -6.02. The van der Waals surface area contributed by atoms with Gasteiger partial charge in [-0.3, -0.25) is 9.59 Å². The normalized spacial score (nSPS) is 20.3. The molecular formula is C24H27F6N5O3S. The van der Waals surface area contributed by atoms with E-state index in [1.165, 1.54) is 13.8 Å². The van der Waals surface area contributed by atoms with E-state index in [2.05, 4.69) is 15.3 Å². The molecule has 15 heteroatoms.